The normalized spacial score (nSPS) is 10.5. The van der Waals surface area contributed by atoms with Crippen molar-refractivity contribution < 1.29 is 47.5 Å². The van der Waals surface area contributed by atoms with Gasteiger partial charge in [-0.2, -0.15) is 0 Å². The summed E-state index contributed by atoms with van der Waals surface area (Å²) in [6, 6.07) is 25.3. The van der Waals surface area contributed by atoms with Crippen molar-refractivity contribution in [3.63, 3.8) is 0 Å². The highest BCUT2D eigenvalue weighted by atomic mass is 16.7. The van der Waals surface area contributed by atoms with Crippen molar-refractivity contribution in [1.29, 1.82) is 0 Å². The monoisotopic (exact) mass is 710 g/mol. The fraction of sp³-hybridized carbons (Fsp3) is 0.310. The smallest absolute Gasteiger partial charge is 0.343 e. The summed E-state index contributed by atoms with van der Waals surface area (Å²) in [4.78, 5) is 34.8. The second-order valence-corrected chi connectivity index (χ2v) is 11.7. The number of esters is 3. The standard InChI is InChI=1S/C42H46O10/c1-3-40(43)48-27-11-7-5-9-25-46-35-17-13-32(14-18-35)42(45)52-39-20-16-33-29-38(19-15-34(33)30-39)51-31-50-37-23-21-36(22-24-37)47-26-10-6-8-12-28-49-41(44)4-2/h3-4,13-24,29-30H,1-2,5-12,25-28,31H2. The predicted molar refractivity (Wildman–Crippen MR) is 198 cm³/mol. The molecule has 4 rings (SSSR count). The zero-order chi connectivity index (χ0) is 36.8. The van der Waals surface area contributed by atoms with Crippen LogP contribution in [-0.4, -0.2) is 51.1 Å². The van der Waals surface area contributed by atoms with Gasteiger partial charge in [0.05, 0.1) is 32.0 Å². The Hall–Kier alpha value is -5.77. The summed E-state index contributed by atoms with van der Waals surface area (Å²) < 4.78 is 38.7. The number of benzene rings is 4. The van der Waals surface area contributed by atoms with Crippen LogP contribution in [0.4, 0.5) is 0 Å². The van der Waals surface area contributed by atoms with Crippen molar-refractivity contribution in [2.24, 2.45) is 0 Å². The van der Waals surface area contributed by atoms with Gasteiger partial charge < -0.3 is 33.2 Å². The zero-order valence-electron chi connectivity index (χ0n) is 29.4. The molecule has 274 valence electrons. The van der Waals surface area contributed by atoms with E-state index in [4.69, 9.17) is 33.2 Å². The quantitative estimate of drug-likeness (QED) is 0.0230. The molecule has 0 saturated heterocycles. The van der Waals surface area contributed by atoms with Gasteiger partial charge in [0.15, 0.2) is 0 Å². The minimum Gasteiger partial charge on any atom is -0.494 e. The first-order valence-electron chi connectivity index (χ1n) is 17.5. The number of unbranched alkanes of at least 4 members (excludes halogenated alkanes) is 6. The van der Waals surface area contributed by atoms with E-state index < -0.39 is 11.9 Å². The van der Waals surface area contributed by atoms with Crippen LogP contribution >= 0.6 is 0 Å². The molecular formula is C42H46O10. The molecule has 0 atom stereocenters. The lowest BCUT2D eigenvalue weighted by Crippen LogP contribution is -2.08. The van der Waals surface area contributed by atoms with Crippen LogP contribution in [0.25, 0.3) is 10.8 Å². The van der Waals surface area contributed by atoms with E-state index in [1.165, 1.54) is 6.08 Å². The van der Waals surface area contributed by atoms with Gasteiger partial charge in [0.2, 0.25) is 6.79 Å². The number of hydrogen-bond acceptors (Lipinski definition) is 10. The van der Waals surface area contributed by atoms with Crippen LogP contribution in [0.3, 0.4) is 0 Å². The second-order valence-electron chi connectivity index (χ2n) is 11.7. The molecule has 10 heteroatoms. The lowest BCUT2D eigenvalue weighted by molar-refractivity contribution is -0.138. The molecule has 4 aromatic rings. The Morgan fingerprint density at radius 2 is 0.865 bits per heavy atom. The highest BCUT2D eigenvalue weighted by molar-refractivity contribution is 5.92. The van der Waals surface area contributed by atoms with Crippen LogP contribution in [0, 0.1) is 0 Å². The summed E-state index contributed by atoms with van der Waals surface area (Å²) in [5.41, 5.74) is 0.418. The molecule has 0 saturated carbocycles. The van der Waals surface area contributed by atoms with Crippen molar-refractivity contribution in [3.8, 4) is 28.7 Å². The molecule has 0 aliphatic rings. The third-order valence-corrected chi connectivity index (χ3v) is 7.80. The lowest BCUT2D eigenvalue weighted by Gasteiger charge is -2.11. The highest BCUT2D eigenvalue weighted by Crippen LogP contribution is 2.26. The molecule has 0 bridgehead atoms. The molecule has 0 N–H and O–H groups in total. The second kappa shape index (κ2) is 22.1. The Balaban J connectivity index is 1.11. The van der Waals surface area contributed by atoms with Gasteiger partial charge in [0.1, 0.15) is 28.7 Å². The molecule has 0 amide bonds. The van der Waals surface area contributed by atoms with Crippen molar-refractivity contribution in [1.82, 2.24) is 0 Å². The van der Waals surface area contributed by atoms with E-state index in [-0.39, 0.29) is 12.8 Å². The van der Waals surface area contributed by atoms with E-state index in [1.807, 2.05) is 54.6 Å². The molecule has 0 aliphatic carbocycles. The van der Waals surface area contributed by atoms with E-state index in [2.05, 4.69) is 13.2 Å². The first kappa shape index (κ1) is 39.0. The maximum absolute atomic E-state index is 12.8. The summed E-state index contributed by atoms with van der Waals surface area (Å²) in [7, 11) is 0. The van der Waals surface area contributed by atoms with Crippen molar-refractivity contribution in [3.05, 3.63) is 116 Å². The molecule has 0 aromatic heterocycles. The Morgan fingerprint density at radius 3 is 1.38 bits per heavy atom. The molecule has 0 spiro atoms. The van der Waals surface area contributed by atoms with Crippen molar-refractivity contribution in [2.45, 2.75) is 51.4 Å². The largest absolute Gasteiger partial charge is 0.494 e. The molecule has 0 unspecified atom stereocenters. The molecule has 52 heavy (non-hydrogen) atoms. The fourth-order valence-corrected chi connectivity index (χ4v) is 4.96. The van der Waals surface area contributed by atoms with Gasteiger partial charge in [-0.25, -0.2) is 14.4 Å². The number of hydrogen-bond donors (Lipinski definition) is 0. The lowest BCUT2D eigenvalue weighted by atomic mass is 10.1. The summed E-state index contributed by atoms with van der Waals surface area (Å²) in [6.07, 6.45) is 9.60. The Kier molecular flexibility index (Phi) is 16.6. The van der Waals surface area contributed by atoms with Crippen molar-refractivity contribution in [2.75, 3.05) is 33.2 Å². The zero-order valence-corrected chi connectivity index (χ0v) is 29.4. The highest BCUT2D eigenvalue weighted by Gasteiger charge is 2.10. The van der Waals surface area contributed by atoms with Crippen LogP contribution < -0.4 is 23.7 Å². The van der Waals surface area contributed by atoms with Gasteiger partial charge >= 0.3 is 17.9 Å². The van der Waals surface area contributed by atoms with Crippen LogP contribution in [0.5, 0.6) is 28.7 Å². The van der Waals surface area contributed by atoms with E-state index in [0.29, 0.717) is 55.0 Å². The number of fused-ring (bicyclic) bond motifs is 1. The average Bonchev–Trinajstić information content (AvgIpc) is 3.17. The molecule has 0 radical (unpaired) electrons. The van der Waals surface area contributed by atoms with Gasteiger partial charge in [-0.05, 0) is 135 Å². The van der Waals surface area contributed by atoms with Crippen molar-refractivity contribution >= 4 is 28.7 Å². The fourth-order valence-electron chi connectivity index (χ4n) is 4.96. The molecular weight excluding hydrogens is 664 g/mol. The maximum atomic E-state index is 12.8. The van der Waals surface area contributed by atoms with E-state index in [0.717, 1.165) is 74.0 Å². The van der Waals surface area contributed by atoms with Crippen LogP contribution in [0.2, 0.25) is 0 Å². The van der Waals surface area contributed by atoms with Gasteiger partial charge in [0.25, 0.3) is 0 Å². The summed E-state index contributed by atoms with van der Waals surface area (Å²) in [6.45, 7) is 8.75. The van der Waals surface area contributed by atoms with E-state index >= 15 is 0 Å². The number of carbonyl (C=O) groups is 3. The third-order valence-electron chi connectivity index (χ3n) is 7.80. The van der Waals surface area contributed by atoms with Crippen LogP contribution in [0.15, 0.2) is 110 Å². The number of carbonyl (C=O) groups excluding carboxylic acids is 3. The van der Waals surface area contributed by atoms with Gasteiger partial charge in [-0.15, -0.1) is 0 Å². The van der Waals surface area contributed by atoms with Crippen LogP contribution in [0.1, 0.15) is 61.7 Å². The van der Waals surface area contributed by atoms with E-state index in [9.17, 15) is 14.4 Å². The Bertz CT molecular complexity index is 1730. The first-order valence-corrected chi connectivity index (χ1v) is 17.5. The maximum Gasteiger partial charge on any atom is 0.343 e. The predicted octanol–water partition coefficient (Wildman–Crippen LogP) is 8.81. The van der Waals surface area contributed by atoms with Gasteiger partial charge in [0, 0.05) is 12.2 Å². The molecule has 0 aliphatic heterocycles. The van der Waals surface area contributed by atoms with E-state index in [1.54, 1.807) is 30.3 Å². The number of ether oxygens (including phenoxy) is 7. The molecule has 0 fully saturated rings. The Labute approximate surface area is 304 Å². The number of rotatable bonds is 24. The summed E-state index contributed by atoms with van der Waals surface area (Å²) >= 11 is 0. The summed E-state index contributed by atoms with van der Waals surface area (Å²) in [5.74, 6) is 1.93. The SMILES string of the molecule is C=CC(=O)OCCCCCCOc1ccc(OCOc2ccc3cc(OC(=O)c4ccc(OCCCCCCOC(=O)C=C)cc4)ccc3c2)cc1. The molecule has 4 aromatic carbocycles. The van der Waals surface area contributed by atoms with Crippen LogP contribution in [-0.2, 0) is 19.1 Å². The topological polar surface area (TPSA) is 116 Å². The third kappa shape index (κ3) is 14.2. The van der Waals surface area contributed by atoms with Gasteiger partial charge in [-0.1, -0.05) is 25.3 Å². The van der Waals surface area contributed by atoms with Gasteiger partial charge in [-0.3, -0.25) is 0 Å². The molecule has 10 nitrogen and oxygen atoms in total. The minimum atomic E-state index is -0.461. The molecule has 0 heterocycles. The average molecular weight is 711 g/mol. The summed E-state index contributed by atoms with van der Waals surface area (Å²) in [5, 5.41) is 1.82. The first-order chi connectivity index (χ1) is 25.4. The minimum absolute atomic E-state index is 0.0317. The Morgan fingerprint density at radius 1 is 0.462 bits per heavy atom.